The van der Waals surface area contributed by atoms with Crippen molar-refractivity contribution in [2.24, 2.45) is 0 Å². The molecule has 0 aliphatic heterocycles. The predicted molar refractivity (Wildman–Crippen MR) is 127 cm³/mol. The van der Waals surface area contributed by atoms with Crippen LogP contribution in [0.15, 0.2) is 0 Å². The Kier molecular flexibility index (Phi) is 29.7. The van der Waals surface area contributed by atoms with Crippen molar-refractivity contribution in [1.82, 2.24) is 0 Å². The fourth-order valence-electron chi connectivity index (χ4n) is 2.89. The number of rotatable bonds is 18. The Bertz CT molecular complexity index is 226. The summed E-state index contributed by atoms with van der Waals surface area (Å²) in [5, 5.41) is 0. The van der Waals surface area contributed by atoms with Gasteiger partial charge in [-0.25, -0.2) is 0 Å². The van der Waals surface area contributed by atoms with Gasteiger partial charge in [0.1, 0.15) is 0 Å². The van der Waals surface area contributed by atoms with Crippen LogP contribution in [-0.4, -0.2) is 12.3 Å². The molecule has 0 heterocycles. The van der Waals surface area contributed by atoms with Crippen molar-refractivity contribution in [3.8, 4) is 0 Å². The normalized spacial score (nSPS) is 11.8. The standard InChI is InChI=1S/C20H43P.4ClH.Ti/c1-3-5-7-9-10-11-12-13-14-15-16-18-20-21-19-17-8-6-4-2;;;;;/h21H,3-20H2,1-2H3;4*1H;/q;;;;;+4/p-4. The van der Waals surface area contributed by atoms with Crippen LogP contribution in [0.4, 0.5) is 0 Å². The first-order valence-electron chi connectivity index (χ1n) is 10.9. The van der Waals surface area contributed by atoms with Gasteiger partial charge in [0.2, 0.25) is 0 Å². The Morgan fingerprint density at radius 3 is 1.00 bits per heavy atom. The van der Waals surface area contributed by atoms with E-state index in [1.165, 1.54) is 124 Å². The van der Waals surface area contributed by atoms with Gasteiger partial charge in [0.05, 0.1) is 0 Å². The fourth-order valence-corrected chi connectivity index (χ4v) is 4.14. The zero-order valence-corrected chi connectivity index (χ0v) is 22.8. The first-order chi connectivity index (χ1) is 12.4. The molecule has 0 saturated heterocycles. The second-order valence-electron chi connectivity index (χ2n) is 7.13. The molecule has 0 nitrogen and oxygen atoms in total. The third kappa shape index (κ3) is 40.9. The van der Waals surface area contributed by atoms with E-state index in [4.69, 9.17) is 37.2 Å². The van der Waals surface area contributed by atoms with Crippen molar-refractivity contribution < 1.29 is 12.3 Å². The van der Waals surface area contributed by atoms with E-state index in [2.05, 4.69) is 13.8 Å². The molecule has 0 saturated carbocycles. The molecule has 0 spiro atoms. The SMILES string of the molecule is CCCCCCCCCCCCCCPCCCCCC.[Cl][Ti]([Cl])([Cl])[Cl]. The molecule has 1 unspecified atom stereocenters. The Morgan fingerprint density at radius 2 is 0.692 bits per heavy atom. The van der Waals surface area contributed by atoms with E-state index in [1.54, 1.807) is 0 Å². The molecular formula is C20H43Cl4PTi. The molecule has 0 aliphatic carbocycles. The quantitative estimate of drug-likeness (QED) is 0.0990. The monoisotopic (exact) mass is 502 g/mol. The minimum absolute atomic E-state index is 1.26. The van der Waals surface area contributed by atoms with E-state index in [-0.39, 0.29) is 0 Å². The molecule has 0 aromatic heterocycles. The van der Waals surface area contributed by atoms with Crippen LogP contribution in [0.2, 0.25) is 0 Å². The summed E-state index contributed by atoms with van der Waals surface area (Å²) < 4.78 is 0. The van der Waals surface area contributed by atoms with Crippen molar-refractivity contribution in [2.75, 3.05) is 12.3 Å². The molecule has 0 N–H and O–H groups in total. The van der Waals surface area contributed by atoms with E-state index in [0.717, 1.165) is 0 Å². The third-order valence-electron chi connectivity index (χ3n) is 4.41. The van der Waals surface area contributed by atoms with Crippen LogP contribution in [0.3, 0.4) is 0 Å². The van der Waals surface area contributed by atoms with Crippen LogP contribution < -0.4 is 0 Å². The number of halogens is 4. The summed E-state index contributed by atoms with van der Waals surface area (Å²) in [4.78, 5) is 0. The Hall–Kier alpha value is 2.30. The summed E-state index contributed by atoms with van der Waals surface area (Å²) in [6, 6.07) is 0. The van der Waals surface area contributed by atoms with Crippen molar-refractivity contribution in [2.45, 2.75) is 117 Å². The van der Waals surface area contributed by atoms with Gasteiger partial charge in [-0.3, -0.25) is 0 Å². The second-order valence-corrected chi connectivity index (χ2v) is 24.1. The van der Waals surface area contributed by atoms with E-state index in [1.807, 2.05) is 0 Å². The van der Waals surface area contributed by atoms with Gasteiger partial charge in [0.25, 0.3) is 0 Å². The average Bonchev–Trinajstić information content (AvgIpc) is 2.56. The van der Waals surface area contributed by atoms with Gasteiger partial charge in [0, 0.05) is 0 Å². The van der Waals surface area contributed by atoms with Gasteiger partial charge in [-0.1, -0.05) is 104 Å². The number of hydrogen-bond acceptors (Lipinski definition) is 0. The molecular weight excluding hydrogens is 461 g/mol. The van der Waals surface area contributed by atoms with Gasteiger partial charge < -0.3 is 0 Å². The number of hydrogen-bond donors (Lipinski definition) is 0. The molecule has 0 bridgehead atoms. The van der Waals surface area contributed by atoms with Crippen LogP contribution in [0.1, 0.15) is 117 Å². The molecule has 0 aromatic rings. The zero-order chi connectivity index (χ0) is 19.9. The molecule has 0 fully saturated rings. The summed E-state index contributed by atoms with van der Waals surface area (Å²) in [5.41, 5.74) is 0. The summed E-state index contributed by atoms with van der Waals surface area (Å²) in [7, 11) is 21.3. The molecule has 6 heteroatoms. The van der Waals surface area contributed by atoms with Crippen molar-refractivity contribution in [3.05, 3.63) is 0 Å². The Labute approximate surface area is 185 Å². The predicted octanol–water partition coefficient (Wildman–Crippen LogP) is 10.7. The third-order valence-corrected chi connectivity index (χ3v) is 5.83. The topological polar surface area (TPSA) is 0 Å². The zero-order valence-electron chi connectivity index (χ0n) is 17.2. The van der Waals surface area contributed by atoms with Crippen LogP contribution in [0.25, 0.3) is 0 Å². The molecule has 0 radical (unpaired) electrons. The van der Waals surface area contributed by atoms with E-state index < -0.39 is 12.3 Å². The summed E-state index contributed by atoms with van der Waals surface area (Å²) in [6.45, 7) is 4.60. The second kappa shape index (κ2) is 25.3. The van der Waals surface area contributed by atoms with Crippen molar-refractivity contribution in [1.29, 1.82) is 0 Å². The van der Waals surface area contributed by atoms with Gasteiger partial charge in [-0.2, -0.15) is 0 Å². The maximum absolute atomic E-state index is 5.01. The van der Waals surface area contributed by atoms with Crippen LogP contribution in [0.5, 0.6) is 0 Å². The molecule has 160 valence electrons. The van der Waals surface area contributed by atoms with Gasteiger partial charge >= 0.3 is 49.6 Å². The van der Waals surface area contributed by atoms with Gasteiger partial charge in [-0.05, 0) is 25.2 Å². The summed E-state index contributed by atoms with van der Waals surface area (Å²) in [5.74, 6) is 0. The summed E-state index contributed by atoms with van der Waals surface area (Å²) in [6.07, 6.45) is 26.5. The Balaban J connectivity index is 0. The number of unbranched alkanes of at least 4 members (excludes halogenated alkanes) is 14. The maximum atomic E-state index is 5.01. The van der Waals surface area contributed by atoms with Crippen LogP contribution in [-0.2, 0) is 12.3 Å². The van der Waals surface area contributed by atoms with Crippen molar-refractivity contribution in [3.63, 3.8) is 0 Å². The molecule has 0 aliphatic rings. The van der Waals surface area contributed by atoms with E-state index in [0.29, 0.717) is 0 Å². The first-order valence-corrected chi connectivity index (χ1v) is 20.9. The van der Waals surface area contributed by atoms with Crippen LogP contribution in [0, 0.1) is 0 Å². The molecule has 1 atom stereocenters. The molecule has 0 rings (SSSR count). The summed E-state index contributed by atoms with van der Waals surface area (Å²) >= 11 is -3.11. The van der Waals surface area contributed by atoms with E-state index >= 15 is 0 Å². The Morgan fingerprint density at radius 1 is 0.462 bits per heavy atom. The van der Waals surface area contributed by atoms with E-state index in [9.17, 15) is 0 Å². The van der Waals surface area contributed by atoms with Gasteiger partial charge in [0.15, 0.2) is 0 Å². The van der Waals surface area contributed by atoms with Crippen molar-refractivity contribution >= 4 is 45.8 Å². The molecule has 0 aromatic carbocycles. The van der Waals surface area contributed by atoms with Gasteiger partial charge in [-0.15, -0.1) is 8.58 Å². The fraction of sp³-hybridized carbons (Fsp3) is 1.00. The minimum atomic E-state index is -3.11. The molecule has 26 heavy (non-hydrogen) atoms. The molecule has 0 amide bonds. The average molecular weight is 504 g/mol. The van der Waals surface area contributed by atoms with Crippen LogP contribution >= 0.6 is 45.8 Å². The first kappa shape index (κ1) is 30.5.